The molecular formula is C25H18F4N6O2. The van der Waals surface area contributed by atoms with E-state index >= 15 is 0 Å². The van der Waals surface area contributed by atoms with Gasteiger partial charge in [0, 0.05) is 11.5 Å². The molecule has 0 aliphatic rings. The average Bonchev–Trinajstić information content (AvgIpc) is 3.13. The van der Waals surface area contributed by atoms with Gasteiger partial charge in [0.15, 0.2) is 5.69 Å². The van der Waals surface area contributed by atoms with Gasteiger partial charge in [-0.1, -0.05) is 17.7 Å². The van der Waals surface area contributed by atoms with E-state index in [0.717, 1.165) is 28.4 Å². The summed E-state index contributed by atoms with van der Waals surface area (Å²) in [6.07, 6.45) is -4.93. The van der Waals surface area contributed by atoms with Crippen LogP contribution in [0.4, 0.5) is 23.2 Å². The van der Waals surface area contributed by atoms with Crippen LogP contribution in [0.25, 0.3) is 10.9 Å². The van der Waals surface area contributed by atoms with Crippen LogP contribution in [-0.2, 0) is 12.7 Å². The third-order valence-corrected chi connectivity index (χ3v) is 5.68. The summed E-state index contributed by atoms with van der Waals surface area (Å²) in [6, 6.07) is 11.2. The van der Waals surface area contributed by atoms with Crippen LogP contribution in [-0.4, -0.2) is 26.6 Å². The summed E-state index contributed by atoms with van der Waals surface area (Å²) in [5.41, 5.74) is 4.15. The van der Waals surface area contributed by atoms with Crippen LogP contribution < -0.4 is 11.1 Å². The fourth-order valence-electron chi connectivity index (χ4n) is 3.87. The molecule has 0 radical (unpaired) electrons. The molecule has 12 heteroatoms. The first-order chi connectivity index (χ1) is 17.4. The van der Waals surface area contributed by atoms with E-state index in [9.17, 15) is 32.4 Å². The van der Waals surface area contributed by atoms with Crippen molar-refractivity contribution in [1.29, 1.82) is 5.26 Å². The Hall–Kier alpha value is -4.79. The smallest absolute Gasteiger partial charge is 0.364 e. The first-order valence-electron chi connectivity index (χ1n) is 10.7. The molecule has 2 amide bonds. The van der Waals surface area contributed by atoms with Crippen LogP contribution in [0, 0.1) is 31.0 Å². The molecule has 0 spiro atoms. The first kappa shape index (κ1) is 25.3. The summed E-state index contributed by atoms with van der Waals surface area (Å²) in [5, 5.41) is 15.4. The number of carbonyl (C=O) groups is 2. The minimum absolute atomic E-state index is 0.0226. The van der Waals surface area contributed by atoms with E-state index in [-0.39, 0.29) is 40.0 Å². The number of aryl methyl sites for hydroxylation is 1. The SMILES string of the molecule is Cc1ccc(C#N)c(Cn2nc(C(F)(F)F)c(NC(=O)c3cc(C(N)=O)nc4cc(F)ccc34)c2C)c1. The van der Waals surface area contributed by atoms with Gasteiger partial charge in [0.1, 0.15) is 11.5 Å². The fourth-order valence-corrected chi connectivity index (χ4v) is 3.87. The highest BCUT2D eigenvalue weighted by atomic mass is 19.4. The number of rotatable bonds is 5. The summed E-state index contributed by atoms with van der Waals surface area (Å²) in [6.45, 7) is 2.96. The predicted molar refractivity (Wildman–Crippen MR) is 125 cm³/mol. The predicted octanol–water partition coefficient (Wildman–Crippen LogP) is 4.48. The first-order valence-corrected chi connectivity index (χ1v) is 10.7. The van der Waals surface area contributed by atoms with Crippen LogP contribution in [0.2, 0.25) is 0 Å². The van der Waals surface area contributed by atoms with E-state index < -0.39 is 35.2 Å². The molecule has 0 saturated heterocycles. The number of nitrogens with zero attached hydrogens (tertiary/aromatic N) is 4. The molecule has 0 aliphatic heterocycles. The number of halogens is 4. The zero-order valence-corrected chi connectivity index (χ0v) is 19.4. The van der Waals surface area contributed by atoms with Crippen molar-refractivity contribution in [3.05, 3.63) is 87.6 Å². The molecule has 0 atom stereocenters. The van der Waals surface area contributed by atoms with Gasteiger partial charge in [0.2, 0.25) is 0 Å². The Morgan fingerprint density at radius 3 is 2.51 bits per heavy atom. The standard InChI is InChI=1S/C25H18F4N6O2/c1-12-3-4-14(10-30)15(7-12)11-35-13(2)21(22(34-35)25(27,28)29)33-24(37)18-9-20(23(31)36)32-19-8-16(26)5-6-17(18)19/h3-9H,11H2,1-2H3,(H2,31,36)(H,33,37). The number of nitrogens with two attached hydrogens (primary N) is 1. The second kappa shape index (κ2) is 9.34. The van der Waals surface area contributed by atoms with Gasteiger partial charge in [-0.05, 0) is 43.7 Å². The van der Waals surface area contributed by atoms with Gasteiger partial charge in [0.05, 0.1) is 40.6 Å². The van der Waals surface area contributed by atoms with Gasteiger partial charge in [0.25, 0.3) is 11.8 Å². The number of nitriles is 1. The number of fused-ring (bicyclic) bond motifs is 1. The lowest BCUT2D eigenvalue weighted by molar-refractivity contribution is -0.140. The van der Waals surface area contributed by atoms with Crippen LogP contribution in [0.3, 0.4) is 0 Å². The van der Waals surface area contributed by atoms with Crippen molar-refractivity contribution in [2.75, 3.05) is 5.32 Å². The number of aromatic nitrogens is 3. The number of primary amides is 1. The molecule has 0 bridgehead atoms. The molecular weight excluding hydrogens is 492 g/mol. The van der Waals surface area contributed by atoms with Gasteiger partial charge in [-0.25, -0.2) is 9.37 Å². The van der Waals surface area contributed by atoms with Crippen molar-refractivity contribution < 1.29 is 27.2 Å². The Balaban J connectivity index is 1.81. The molecule has 8 nitrogen and oxygen atoms in total. The molecule has 2 heterocycles. The molecule has 4 aromatic rings. The van der Waals surface area contributed by atoms with E-state index in [1.807, 2.05) is 6.07 Å². The van der Waals surface area contributed by atoms with Crippen molar-refractivity contribution in [3.63, 3.8) is 0 Å². The topological polar surface area (TPSA) is 127 Å². The summed E-state index contributed by atoms with van der Waals surface area (Å²) < 4.78 is 56.5. The lowest BCUT2D eigenvalue weighted by atomic mass is 10.1. The number of alkyl halides is 3. The highest BCUT2D eigenvalue weighted by Crippen LogP contribution is 2.36. The third kappa shape index (κ3) is 4.97. The lowest BCUT2D eigenvalue weighted by Crippen LogP contribution is -2.19. The van der Waals surface area contributed by atoms with Crippen molar-refractivity contribution in [1.82, 2.24) is 14.8 Å². The normalized spacial score (nSPS) is 11.4. The van der Waals surface area contributed by atoms with Gasteiger partial charge >= 0.3 is 6.18 Å². The zero-order valence-electron chi connectivity index (χ0n) is 19.4. The molecule has 0 aliphatic carbocycles. The second-order valence-corrected chi connectivity index (χ2v) is 8.27. The van der Waals surface area contributed by atoms with Crippen LogP contribution in [0.5, 0.6) is 0 Å². The van der Waals surface area contributed by atoms with E-state index in [2.05, 4.69) is 15.4 Å². The summed E-state index contributed by atoms with van der Waals surface area (Å²) >= 11 is 0. The zero-order chi connectivity index (χ0) is 27.1. The third-order valence-electron chi connectivity index (χ3n) is 5.68. The molecule has 2 aromatic heterocycles. The van der Waals surface area contributed by atoms with Gasteiger partial charge < -0.3 is 11.1 Å². The van der Waals surface area contributed by atoms with Gasteiger partial charge in [-0.3, -0.25) is 14.3 Å². The number of anilines is 1. The highest BCUT2D eigenvalue weighted by molar-refractivity contribution is 6.14. The van der Waals surface area contributed by atoms with Gasteiger partial charge in [-0.2, -0.15) is 23.5 Å². The summed E-state index contributed by atoms with van der Waals surface area (Å²) in [5.74, 6) is -2.72. The average molecular weight is 510 g/mol. The van der Waals surface area contributed by atoms with Gasteiger partial charge in [-0.15, -0.1) is 0 Å². The Morgan fingerprint density at radius 2 is 1.86 bits per heavy atom. The molecule has 0 saturated carbocycles. The van der Waals surface area contributed by atoms with E-state index in [1.165, 1.54) is 13.0 Å². The summed E-state index contributed by atoms with van der Waals surface area (Å²) in [4.78, 5) is 28.8. The van der Waals surface area contributed by atoms with Crippen LogP contribution in [0.15, 0.2) is 42.5 Å². The maximum Gasteiger partial charge on any atom is 0.437 e. The van der Waals surface area contributed by atoms with Crippen molar-refractivity contribution in [3.8, 4) is 6.07 Å². The molecule has 2 aromatic carbocycles. The molecule has 37 heavy (non-hydrogen) atoms. The number of amides is 2. The number of hydrogen-bond donors (Lipinski definition) is 2. The largest absolute Gasteiger partial charge is 0.437 e. The molecule has 188 valence electrons. The second-order valence-electron chi connectivity index (χ2n) is 8.27. The quantitative estimate of drug-likeness (QED) is 0.383. The minimum Gasteiger partial charge on any atom is -0.364 e. The molecule has 0 fully saturated rings. The summed E-state index contributed by atoms with van der Waals surface area (Å²) in [7, 11) is 0. The van der Waals surface area contributed by atoms with Crippen LogP contribution in [0.1, 0.15) is 48.9 Å². The highest BCUT2D eigenvalue weighted by Gasteiger charge is 2.39. The number of benzene rings is 2. The van der Waals surface area contributed by atoms with E-state index in [0.29, 0.717) is 5.56 Å². The fraction of sp³-hybridized carbons (Fsp3) is 0.160. The van der Waals surface area contributed by atoms with E-state index in [1.54, 1.807) is 25.1 Å². The Labute approximate surface area is 207 Å². The maximum atomic E-state index is 13.9. The number of carbonyl (C=O) groups excluding carboxylic acids is 2. The number of nitrogens with one attached hydrogen (secondary N) is 1. The number of hydrogen-bond acceptors (Lipinski definition) is 5. The number of pyridine rings is 1. The minimum atomic E-state index is -4.93. The maximum absolute atomic E-state index is 13.9. The lowest BCUT2D eigenvalue weighted by Gasteiger charge is -2.12. The van der Waals surface area contributed by atoms with Crippen molar-refractivity contribution in [2.45, 2.75) is 26.6 Å². The van der Waals surface area contributed by atoms with E-state index in [4.69, 9.17) is 5.73 Å². The van der Waals surface area contributed by atoms with Crippen molar-refractivity contribution >= 4 is 28.4 Å². The molecule has 0 unspecified atom stereocenters. The molecule has 3 N–H and O–H groups in total. The van der Waals surface area contributed by atoms with Crippen molar-refractivity contribution in [2.24, 2.45) is 5.73 Å². The Bertz CT molecular complexity index is 1620. The molecule has 4 rings (SSSR count). The Kier molecular flexibility index (Phi) is 6.39. The Morgan fingerprint density at radius 1 is 1.14 bits per heavy atom. The monoisotopic (exact) mass is 510 g/mol. The van der Waals surface area contributed by atoms with Crippen LogP contribution >= 0.6 is 0 Å².